The number of nitrogens with one attached hydrogen (secondary N) is 1. The maximum Gasteiger partial charge on any atom is 0.418 e. The minimum atomic E-state index is -4.34. The lowest BCUT2D eigenvalue weighted by molar-refractivity contribution is -0.136. The van der Waals surface area contributed by atoms with E-state index in [1.165, 1.54) is 12.3 Å². The van der Waals surface area contributed by atoms with Crippen LogP contribution in [0.2, 0.25) is 0 Å². The van der Waals surface area contributed by atoms with E-state index in [2.05, 4.69) is 10.3 Å². The van der Waals surface area contributed by atoms with E-state index < -0.39 is 11.7 Å². The molecule has 1 N–H and O–H groups in total. The van der Waals surface area contributed by atoms with Crippen LogP contribution in [0.25, 0.3) is 5.52 Å². The quantitative estimate of drug-likeness (QED) is 0.848. The second-order valence-electron chi connectivity index (χ2n) is 4.48. The molecule has 0 bridgehead atoms. The third kappa shape index (κ3) is 1.77. The van der Waals surface area contributed by atoms with Gasteiger partial charge in [0.25, 0.3) is 0 Å². The Labute approximate surface area is 102 Å². The number of hydrogen-bond acceptors (Lipinski definition) is 2. The number of hydrogen-bond donors (Lipinski definition) is 1. The van der Waals surface area contributed by atoms with Gasteiger partial charge in [0, 0.05) is 18.7 Å². The first kappa shape index (κ1) is 11.5. The Morgan fingerprint density at radius 2 is 2.22 bits per heavy atom. The number of halogens is 3. The molecule has 1 unspecified atom stereocenters. The number of aromatic nitrogens is 2. The summed E-state index contributed by atoms with van der Waals surface area (Å²) in [4.78, 5) is 4.17. The maximum atomic E-state index is 12.9. The SMILES string of the molecule is FC(F)(F)c1cccn2c(C3CCNC3)ncc12. The summed E-state index contributed by atoms with van der Waals surface area (Å²) in [5.41, 5.74) is -0.499. The van der Waals surface area contributed by atoms with E-state index in [9.17, 15) is 13.2 Å². The average Bonchev–Trinajstić information content (AvgIpc) is 2.95. The van der Waals surface area contributed by atoms with E-state index in [0.717, 1.165) is 25.6 Å². The molecule has 2 aromatic heterocycles. The van der Waals surface area contributed by atoms with Crippen LogP contribution < -0.4 is 5.32 Å². The highest BCUT2D eigenvalue weighted by Gasteiger charge is 2.34. The first-order chi connectivity index (χ1) is 8.57. The Morgan fingerprint density at radius 1 is 1.39 bits per heavy atom. The molecule has 1 fully saturated rings. The van der Waals surface area contributed by atoms with Crippen molar-refractivity contribution in [3.05, 3.63) is 35.9 Å². The van der Waals surface area contributed by atoms with Gasteiger partial charge in [-0.05, 0) is 25.1 Å². The zero-order chi connectivity index (χ0) is 12.8. The lowest BCUT2D eigenvalue weighted by Crippen LogP contribution is -2.11. The molecule has 3 rings (SSSR count). The smallest absolute Gasteiger partial charge is 0.316 e. The summed E-state index contributed by atoms with van der Waals surface area (Å²) >= 11 is 0. The van der Waals surface area contributed by atoms with Crippen LogP contribution in [0, 0.1) is 0 Å². The number of imidazole rings is 1. The van der Waals surface area contributed by atoms with Gasteiger partial charge in [0.2, 0.25) is 0 Å². The Morgan fingerprint density at radius 3 is 2.89 bits per heavy atom. The monoisotopic (exact) mass is 255 g/mol. The largest absolute Gasteiger partial charge is 0.418 e. The molecule has 0 radical (unpaired) electrons. The van der Waals surface area contributed by atoms with Crippen LogP contribution in [0.15, 0.2) is 24.5 Å². The molecule has 1 atom stereocenters. The van der Waals surface area contributed by atoms with Crippen LogP contribution in [0.3, 0.4) is 0 Å². The molecular weight excluding hydrogens is 243 g/mol. The molecule has 18 heavy (non-hydrogen) atoms. The fourth-order valence-corrected chi connectivity index (χ4v) is 2.46. The summed E-state index contributed by atoms with van der Waals surface area (Å²) in [5, 5.41) is 3.19. The van der Waals surface area contributed by atoms with E-state index in [1.54, 1.807) is 10.6 Å². The van der Waals surface area contributed by atoms with Crippen LogP contribution in [0.4, 0.5) is 13.2 Å². The van der Waals surface area contributed by atoms with Crippen LogP contribution in [0.5, 0.6) is 0 Å². The number of alkyl halides is 3. The van der Waals surface area contributed by atoms with Crippen molar-refractivity contribution in [3.8, 4) is 0 Å². The molecule has 1 aliphatic rings. The molecule has 6 heteroatoms. The number of rotatable bonds is 1. The third-order valence-corrected chi connectivity index (χ3v) is 3.33. The molecule has 1 saturated heterocycles. The molecule has 0 saturated carbocycles. The lowest BCUT2D eigenvalue weighted by atomic mass is 10.1. The highest BCUT2D eigenvalue weighted by molar-refractivity contribution is 5.55. The predicted octanol–water partition coefficient (Wildman–Crippen LogP) is 2.43. The highest BCUT2D eigenvalue weighted by Crippen LogP contribution is 2.33. The summed E-state index contributed by atoms with van der Waals surface area (Å²) in [5.74, 6) is 0.900. The lowest BCUT2D eigenvalue weighted by Gasteiger charge is -2.11. The molecule has 0 amide bonds. The predicted molar refractivity (Wildman–Crippen MR) is 60.4 cm³/mol. The maximum absolute atomic E-state index is 12.9. The molecular formula is C12H12F3N3. The fraction of sp³-hybridized carbons (Fsp3) is 0.417. The van der Waals surface area contributed by atoms with E-state index in [-0.39, 0.29) is 11.4 Å². The Bertz CT molecular complexity index is 567. The van der Waals surface area contributed by atoms with E-state index in [0.29, 0.717) is 5.82 Å². The first-order valence-electron chi connectivity index (χ1n) is 5.81. The first-order valence-corrected chi connectivity index (χ1v) is 5.81. The third-order valence-electron chi connectivity index (χ3n) is 3.33. The summed E-state index contributed by atoms with van der Waals surface area (Å²) in [6.07, 6.45) is -0.467. The van der Waals surface area contributed by atoms with Gasteiger partial charge in [0.15, 0.2) is 0 Å². The summed E-state index contributed by atoms with van der Waals surface area (Å²) in [7, 11) is 0. The van der Waals surface area contributed by atoms with Gasteiger partial charge >= 0.3 is 6.18 Å². The highest BCUT2D eigenvalue weighted by atomic mass is 19.4. The number of fused-ring (bicyclic) bond motifs is 1. The minimum absolute atomic E-state index is 0.131. The van der Waals surface area contributed by atoms with Crippen LogP contribution in [-0.2, 0) is 6.18 Å². The van der Waals surface area contributed by atoms with E-state index in [4.69, 9.17) is 0 Å². The van der Waals surface area contributed by atoms with Crippen molar-refractivity contribution < 1.29 is 13.2 Å². The van der Waals surface area contributed by atoms with Crippen LogP contribution >= 0.6 is 0 Å². The number of nitrogens with zero attached hydrogens (tertiary/aromatic N) is 2. The Hall–Kier alpha value is -1.56. The molecule has 96 valence electrons. The minimum Gasteiger partial charge on any atom is -0.316 e. The molecule has 0 spiro atoms. The zero-order valence-corrected chi connectivity index (χ0v) is 9.54. The number of pyridine rings is 1. The topological polar surface area (TPSA) is 29.3 Å². The second-order valence-corrected chi connectivity index (χ2v) is 4.48. The average molecular weight is 255 g/mol. The van der Waals surface area contributed by atoms with Crippen molar-refractivity contribution in [3.63, 3.8) is 0 Å². The van der Waals surface area contributed by atoms with Crippen molar-refractivity contribution >= 4 is 5.52 Å². The van der Waals surface area contributed by atoms with Crippen molar-refractivity contribution in [1.82, 2.24) is 14.7 Å². The molecule has 0 aromatic carbocycles. The zero-order valence-electron chi connectivity index (χ0n) is 9.54. The van der Waals surface area contributed by atoms with Gasteiger partial charge in [-0.3, -0.25) is 0 Å². The fourth-order valence-electron chi connectivity index (χ4n) is 2.46. The van der Waals surface area contributed by atoms with Gasteiger partial charge in [-0.1, -0.05) is 0 Å². The van der Waals surface area contributed by atoms with Gasteiger partial charge in [-0.2, -0.15) is 13.2 Å². The van der Waals surface area contributed by atoms with Crippen molar-refractivity contribution in [2.24, 2.45) is 0 Å². The second kappa shape index (κ2) is 3.98. The summed E-state index contributed by atoms with van der Waals surface area (Å²) < 4.78 is 40.1. The molecule has 3 heterocycles. The van der Waals surface area contributed by atoms with E-state index >= 15 is 0 Å². The van der Waals surface area contributed by atoms with Gasteiger partial charge < -0.3 is 9.72 Å². The summed E-state index contributed by atoms with van der Waals surface area (Å²) in [6.45, 7) is 1.66. The molecule has 3 nitrogen and oxygen atoms in total. The molecule has 2 aromatic rings. The van der Waals surface area contributed by atoms with Crippen molar-refractivity contribution in [1.29, 1.82) is 0 Å². The van der Waals surface area contributed by atoms with Crippen molar-refractivity contribution in [2.45, 2.75) is 18.5 Å². The van der Waals surface area contributed by atoms with Gasteiger partial charge in [-0.15, -0.1) is 0 Å². The Balaban J connectivity index is 2.14. The van der Waals surface area contributed by atoms with Crippen LogP contribution in [0.1, 0.15) is 23.7 Å². The van der Waals surface area contributed by atoms with E-state index in [1.807, 2.05) is 0 Å². The van der Waals surface area contributed by atoms with Gasteiger partial charge in [-0.25, -0.2) is 4.98 Å². The molecule has 1 aliphatic heterocycles. The normalized spacial score (nSPS) is 20.7. The molecule has 0 aliphatic carbocycles. The Kier molecular flexibility index (Phi) is 2.55. The van der Waals surface area contributed by atoms with Gasteiger partial charge in [0.05, 0.1) is 17.3 Å². The van der Waals surface area contributed by atoms with Gasteiger partial charge in [0.1, 0.15) is 5.82 Å². The summed E-state index contributed by atoms with van der Waals surface area (Å²) in [6, 6.07) is 2.51. The van der Waals surface area contributed by atoms with Crippen molar-refractivity contribution in [2.75, 3.05) is 13.1 Å². The van der Waals surface area contributed by atoms with Crippen LogP contribution in [-0.4, -0.2) is 22.5 Å². The standard InChI is InChI=1S/C12H12F3N3/c13-12(14,15)9-2-1-5-18-10(9)7-17-11(18)8-3-4-16-6-8/h1-2,5,7-8,16H,3-4,6H2.